The average Bonchev–Trinajstić information content (AvgIpc) is 2.65. The van der Waals surface area contributed by atoms with Crippen LogP contribution in [0.15, 0.2) is 17.0 Å². The van der Waals surface area contributed by atoms with Gasteiger partial charge in [0.05, 0.1) is 28.8 Å². The number of hydrogen-bond acceptors (Lipinski definition) is 7. The Hall–Kier alpha value is -1.92. The first-order valence-electron chi connectivity index (χ1n) is 8.83. The largest absolute Gasteiger partial charge is 0.448 e. The zero-order valence-corrected chi connectivity index (χ0v) is 18.5. The minimum absolute atomic E-state index is 0.129. The molecule has 0 aromatic heterocycles. The van der Waals surface area contributed by atoms with Crippen LogP contribution >= 0.6 is 23.2 Å². The third-order valence-electron chi connectivity index (χ3n) is 4.17. The number of imide groups is 1. The van der Waals surface area contributed by atoms with E-state index in [1.165, 1.54) is 4.31 Å². The first kappa shape index (κ1) is 24.4. The number of nitrogens with zero attached hydrogens (tertiary/aromatic N) is 1. The lowest BCUT2D eigenvalue weighted by molar-refractivity contribution is -0.130. The van der Waals surface area contributed by atoms with E-state index in [-0.39, 0.29) is 46.8 Å². The molecule has 1 fully saturated rings. The van der Waals surface area contributed by atoms with Crippen molar-refractivity contribution in [2.75, 3.05) is 26.3 Å². The maximum Gasteiger partial charge on any atom is 0.340 e. The summed E-state index contributed by atoms with van der Waals surface area (Å²) in [6, 6.07) is 1.01. The summed E-state index contributed by atoms with van der Waals surface area (Å²) in [4.78, 5) is 35.3. The number of esters is 1. The molecule has 13 heteroatoms. The Bertz CT molecular complexity index is 947. The van der Waals surface area contributed by atoms with Gasteiger partial charge in [-0.05, 0) is 18.1 Å². The molecule has 10 nitrogen and oxygen atoms in total. The predicted octanol–water partition coefficient (Wildman–Crippen LogP) is 1.39. The number of amides is 3. The van der Waals surface area contributed by atoms with Crippen molar-refractivity contribution in [3.8, 4) is 0 Å². The Kier molecular flexibility index (Phi) is 8.06. The number of halogens is 2. The Morgan fingerprint density at radius 2 is 1.77 bits per heavy atom. The van der Waals surface area contributed by atoms with Crippen LogP contribution < -0.4 is 11.1 Å². The Morgan fingerprint density at radius 3 is 2.30 bits per heavy atom. The molecule has 1 aromatic rings. The van der Waals surface area contributed by atoms with Crippen LogP contribution in [0.5, 0.6) is 0 Å². The lowest BCUT2D eigenvalue weighted by Gasteiger charge is -2.26. The first-order chi connectivity index (χ1) is 13.9. The number of carbonyl (C=O) groups is 3. The van der Waals surface area contributed by atoms with Gasteiger partial charge < -0.3 is 15.2 Å². The number of urea groups is 1. The van der Waals surface area contributed by atoms with E-state index in [2.05, 4.69) is 0 Å². The molecular weight excluding hydrogens is 461 g/mol. The molecule has 1 atom stereocenters. The van der Waals surface area contributed by atoms with E-state index in [0.29, 0.717) is 0 Å². The van der Waals surface area contributed by atoms with Gasteiger partial charge in [0, 0.05) is 13.1 Å². The summed E-state index contributed by atoms with van der Waals surface area (Å²) in [6.45, 7) is 3.87. The van der Waals surface area contributed by atoms with Crippen LogP contribution in [0.25, 0.3) is 0 Å². The predicted molar refractivity (Wildman–Crippen MR) is 108 cm³/mol. The SMILES string of the molecule is CC(C)C(OC(=O)c1cc(S(=O)(=O)N2CCOCC2)c(Cl)cc1Cl)C(=O)NC(N)=O. The van der Waals surface area contributed by atoms with Crippen molar-refractivity contribution in [2.45, 2.75) is 24.8 Å². The van der Waals surface area contributed by atoms with E-state index >= 15 is 0 Å². The number of carbonyl (C=O) groups excluding carboxylic acids is 3. The van der Waals surface area contributed by atoms with Crippen molar-refractivity contribution in [3.05, 3.63) is 27.7 Å². The first-order valence-corrected chi connectivity index (χ1v) is 11.0. The summed E-state index contributed by atoms with van der Waals surface area (Å²) in [7, 11) is -4.03. The van der Waals surface area contributed by atoms with Gasteiger partial charge in [-0.1, -0.05) is 37.0 Å². The molecule has 0 aliphatic carbocycles. The molecule has 1 unspecified atom stereocenters. The zero-order chi connectivity index (χ0) is 22.6. The topological polar surface area (TPSA) is 145 Å². The summed E-state index contributed by atoms with van der Waals surface area (Å²) in [5, 5.41) is 1.50. The van der Waals surface area contributed by atoms with Gasteiger partial charge in [-0.25, -0.2) is 18.0 Å². The highest BCUT2D eigenvalue weighted by atomic mass is 35.5. The van der Waals surface area contributed by atoms with E-state index in [9.17, 15) is 22.8 Å². The molecule has 0 radical (unpaired) electrons. The molecular formula is C17H21Cl2N3O7S. The van der Waals surface area contributed by atoms with Crippen LogP contribution in [0.4, 0.5) is 4.79 Å². The van der Waals surface area contributed by atoms with Crippen molar-refractivity contribution in [1.29, 1.82) is 0 Å². The number of rotatable bonds is 6. The lowest BCUT2D eigenvalue weighted by Crippen LogP contribution is -2.45. The van der Waals surface area contributed by atoms with Crippen molar-refractivity contribution in [2.24, 2.45) is 11.7 Å². The monoisotopic (exact) mass is 481 g/mol. The molecule has 3 N–H and O–H groups in total. The van der Waals surface area contributed by atoms with Gasteiger partial charge in [0.15, 0.2) is 6.10 Å². The fourth-order valence-corrected chi connectivity index (χ4v) is 4.91. The molecule has 0 spiro atoms. The van der Waals surface area contributed by atoms with Crippen LogP contribution in [0.1, 0.15) is 24.2 Å². The van der Waals surface area contributed by atoms with Crippen molar-refractivity contribution in [3.63, 3.8) is 0 Å². The Morgan fingerprint density at radius 1 is 1.17 bits per heavy atom. The van der Waals surface area contributed by atoms with Crippen LogP contribution in [0.3, 0.4) is 0 Å². The summed E-state index contributed by atoms with van der Waals surface area (Å²) in [5.41, 5.74) is 4.62. The van der Waals surface area contributed by atoms with Gasteiger partial charge in [0.1, 0.15) is 4.90 Å². The van der Waals surface area contributed by atoms with Gasteiger partial charge >= 0.3 is 12.0 Å². The van der Waals surface area contributed by atoms with E-state index in [0.717, 1.165) is 12.1 Å². The second kappa shape index (κ2) is 9.92. The summed E-state index contributed by atoms with van der Waals surface area (Å²) < 4.78 is 37.4. The molecule has 166 valence electrons. The van der Waals surface area contributed by atoms with E-state index in [1.54, 1.807) is 13.8 Å². The maximum atomic E-state index is 12.9. The third kappa shape index (κ3) is 5.61. The molecule has 1 aliphatic rings. The molecule has 1 aliphatic heterocycles. The minimum atomic E-state index is -4.03. The smallest absolute Gasteiger partial charge is 0.340 e. The number of ether oxygens (including phenoxy) is 2. The highest BCUT2D eigenvalue weighted by molar-refractivity contribution is 7.89. The number of primary amides is 1. The second-order valence-electron chi connectivity index (χ2n) is 6.70. The number of nitrogens with two attached hydrogens (primary N) is 1. The molecule has 0 saturated carbocycles. The molecule has 1 saturated heterocycles. The number of morpholine rings is 1. The quantitative estimate of drug-likeness (QED) is 0.583. The third-order valence-corrected chi connectivity index (χ3v) is 6.85. The standard InChI is InChI=1S/C17H21Cl2N3O7S/c1-9(2)14(15(23)21-17(20)25)29-16(24)10-7-13(12(19)8-11(10)18)30(26,27)22-3-5-28-6-4-22/h7-9,14H,3-6H2,1-2H3,(H3,20,21,23,25). The number of hydrogen-bond donors (Lipinski definition) is 2. The van der Waals surface area contributed by atoms with Gasteiger partial charge in [-0.3, -0.25) is 10.1 Å². The van der Waals surface area contributed by atoms with Gasteiger partial charge in [-0.15, -0.1) is 0 Å². The van der Waals surface area contributed by atoms with Crippen molar-refractivity contribution >= 4 is 51.1 Å². The lowest BCUT2D eigenvalue weighted by atomic mass is 10.1. The molecule has 1 heterocycles. The van der Waals surface area contributed by atoms with Gasteiger partial charge in [-0.2, -0.15) is 4.31 Å². The Balaban J connectivity index is 2.37. The normalized spacial score (nSPS) is 16.2. The van der Waals surface area contributed by atoms with Crippen LogP contribution in [0, 0.1) is 5.92 Å². The fourth-order valence-electron chi connectivity index (χ4n) is 2.67. The minimum Gasteiger partial charge on any atom is -0.448 e. The molecule has 3 amide bonds. The number of sulfonamides is 1. The number of nitrogens with one attached hydrogen (secondary N) is 1. The van der Waals surface area contributed by atoms with Crippen LogP contribution in [-0.4, -0.2) is 63.0 Å². The van der Waals surface area contributed by atoms with Crippen LogP contribution in [0.2, 0.25) is 10.0 Å². The zero-order valence-electron chi connectivity index (χ0n) is 16.2. The fraction of sp³-hybridized carbons (Fsp3) is 0.471. The Labute approximate surface area is 183 Å². The molecule has 1 aromatic carbocycles. The number of benzene rings is 1. The van der Waals surface area contributed by atoms with Gasteiger partial charge in [0.25, 0.3) is 5.91 Å². The summed E-state index contributed by atoms with van der Waals surface area (Å²) >= 11 is 12.2. The van der Waals surface area contributed by atoms with Gasteiger partial charge in [0.2, 0.25) is 10.0 Å². The van der Waals surface area contributed by atoms with Crippen molar-refractivity contribution in [1.82, 2.24) is 9.62 Å². The van der Waals surface area contributed by atoms with E-state index in [1.807, 2.05) is 5.32 Å². The maximum absolute atomic E-state index is 12.9. The van der Waals surface area contributed by atoms with E-state index in [4.69, 9.17) is 38.4 Å². The summed E-state index contributed by atoms with van der Waals surface area (Å²) in [6.07, 6.45) is -1.36. The summed E-state index contributed by atoms with van der Waals surface area (Å²) in [5.74, 6) is -2.50. The highest BCUT2D eigenvalue weighted by Crippen LogP contribution is 2.31. The molecule has 30 heavy (non-hydrogen) atoms. The van der Waals surface area contributed by atoms with Crippen molar-refractivity contribution < 1.29 is 32.3 Å². The van der Waals surface area contributed by atoms with Crippen LogP contribution in [-0.2, 0) is 24.3 Å². The highest BCUT2D eigenvalue weighted by Gasteiger charge is 2.32. The second-order valence-corrected chi connectivity index (χ2v) is 9.42. The average molecular weight is 482 g/mol. The molecule has 2 rings (SSSR count). The molecule has 0 bridgehead atoms. The van der Waals surface area contributed by atoms with E-state index < -0.39 is 40.0 Å².